The molecule has 3 nitrogen and oxygen atoms in total. The lowest BCUT2D eigenvalue weighted by molar-refractivity contribution is -0.120. The number of aromatic nitrogens is 1. The van der Waals surface area contributed by atoms with Gasteiger partial charge in [0, 0.05) is 17.7 Å². The van der Waals surface area contributed by atoms with Gasteiger partial charge in [-0.2, -0.15) is 0 Å². The number of thiazole rings is 1. The summed E-state index contributed by atoms with van der Waals surface area (Å²) in [6, 6.07) is 16.8. The molecule has 1 N–H and O–H groups in total. The third-order valence-electron chi connectivity index (χ3n) is 3.76. The summed E-state index contributed by atoms with van der Waals surface area (Å²) in [5, 5.41) is 4.81. The zero-order valence-electron chi connectivity index (χ0n) is 14.2. The van der Waals surface area contributed by atoms with E-state index in [9.17, 15) is 9.18 Å². The second kappa shape index (κ2) is 9.50. The molecule has 0 aliphatic carbocycles. The summed E-state index contributed by atoms with van der Waals surface area (Å²) >= 11 is 2.97. The number of benzene rings is 2. The third kappa shape index (κ3) is 5.68. The van der Waals surface area contributed by atoms with Crippen LogP contribution in [0.3, 0.4) is 0 Å². The third-order valence-corrected chi connectivity index (χ3v) is 5.88. The molecular weight excluding hydrogens is 367 g/mol. The van der Waals surface area contributed by atoms with Crippen LogP contribution in [-0.2, 0) is 23.4 Å². The highest BCUT2D eigenvalue weighted by atomic mass is 32.2. The zero-order chi connectivity index (χ0) is 18.2. The molecule has 26 heavy (non-hydrogen) atoms. The van der Waals surface area contributed by atoms with Crippen molar-refractivity contribution in [2.45, 2.75) is 22.9 Å². The van der Waals surface area contributed by atoms with E-state index in [1.54, 1.807) is 12.1 Å². The van der Waals surface area contributed by atoms with Gasteiger partial charge in [-0.05, 0) is 23.6 Å². The number of thioether (sulfide) groups is 1. The first-order valence-electron chi connectivity index (χ1n) is 8.32. The van der Waals surface area contributed by atoms with Crippen LogP contribution in [0.15, 0.2) is 64.3 Å². The summed E-state index contributed by atoms with van der Waals surface area (Å²) < 4.78 is 14.5. The Morgan fingerprint density at radius 1 is 1.12 bits per heavy atom. The molecular formula is C20H19FN2OS2. The lowest BCUT2D eigenvalue weighted by atomic mass is 10.1. The largest absolute Gasteiger partial charge is 0.355 e. The minimum Gasteiger partial charge on any atom is -0.355 e. The summed E-state index contributed by atoms with van der Waals surface area (Å²) in [5.41, 5.74) is 2.62. The van der Waals surface area contributed by atoms with E-state index in [-0.39, 0.29) is 18.1 Å². The molecule has 0 bridgehead atoms. The number of carbonyl (C=O) groups excluding carboxylic acids is 1. The fraction of sp³-hybridized carbons (Fsp3) is 0.200. The van der Waals surface area contributed by atoms with Crippen molar-refractivity contribution in [3.05, 3.63) is 82.6 Å². The number of carbonyl (C=O) groups is 1. The Labute approximate surface area is 160 Å². The van der Waals surface area contributed by atoms with Gasteiger partial charge in [-0.25, -0.2) is 9.37 Å². The van der Waals surface area contributed by atoms with Crippen LogP contribution in [0.4, 0.5) is 4.39 Å². The highest BCUT2D eigenvalue weighted by Crippen LogP contribution is 2.27. The highest BCUT2D eigenvalue weighted by Gasteiger charge is 2.09. The molecule has 1 aromatic heterocycles. The van der Waals surface area contributed by atoms with Crippen molar-refractivity contribution in [2.75, 3.05) is 6.54 Å². The van der Waals surface area contributed by atoms with Crippen LogP contribution in [0.25, 0.3) is 0 Å². The Bertz CT molecular complexity index is 852. The molecule has 0 unspecified atom stereocenters. The molecule has 1 heterocycles. The van der Waals surface area contributed by atoms with Gasteiger partial charge in [0.2, 0.25) is 5.91 Å². The average Bonchev–Trinajstić information content (AvgIpc) is 3.09. The van der Waals surface area contributed by atoms with Crippen LogP contribution in [0.2, 0.25) is 0 Å². The number of hydrogen-bond acceptors (Lipinski definition) is 4. The maximum absolute atomic E-state index is 13.6. The van der Waals surface area contributed by atoms with E-state index in [0.29, 0.717) is 17.9 Å². The van der Waals surface area contributed by atoms with Crippen LogP contribution in [-0.4, -0.2) is 17.4 Å². The van der Waals surface area contributed by atoms with Crippen molar-refractivity contribution in [1.82, 2.24) is 10.3 Å². The van der Waals surface area contributed by atoms with Gasteiger partial charge in [0.1, 0.15) is 10.2 Å². The molecule has 2 aromatic carbocycles. The fourth-order valence-corrected chi connectivity index (χ4v) is 4.24. The number of halogens is 1. The summed E-state index contributed by atoms with van der Waals surface area (Å²) in [7, 11) is 0. The summed E-state index contributed by atoms with van der Waals surface area (Å²) in [6.45, 7) is 0.613. The van der Waals surface area contributed by atoms with E-state index in [1.807, 2.05) is 41.8 Å². The second-order valence-electron chi connectivity index (χ2n) is 5.75. The van der Waals surface area contributed by atoms with Crippen molar-refractivity contribution in [3.63, 3.8) is 0 Å². The van der Waals surface area contributed by atoms with Gasteiger partial charge in [-0.1, -0.05) is 60.3 Å². The van der Waals surface area contributed by atoms with E-state index >= 15 is 0 Å². The van der Waals surface area contributed by atoms with Gasteiger partial charge in [-0.15, -0.1) is 11.3 Å². The number of rotatable bonds is 8. The lowest BCUT2D eigenvalue weighted by Gasteiger charge is -2.04. The van der Waals surface area contributed by atoms with Crippen LogP contribution < -0.4 is 5.32 Å². The van der Waals surface area contributed by atoms with E-state index in [2.05, 4.69) is 10.3 Å². The van der Waals surface area contributed by atoms with Gasteiger partial charge < -0.3 is 5.32 Å². The fourth-order valence-electron chi connectivity index (χ4n) is 2.41. The highest BCUT2D eigenvalue weighted by molar-refractivity contribution is 8.00. The van der Waals surface area contributed by atoms with Crippen LogP contribution in [0, 0.1) is 5.82 Å². The van der Waals surface area contributed by atoms with Crippen LogP contribution in [0.1, 0.15) is 16.8 Å². The topological polar surface area (TPSA) is 42.0 Å². The molecule has 3 rings (SSSR count). The Balaban J connectivity index is 1.43. The van der Waals surface area contributed by atoms with Gasteiger partial charge in [0.05, 0.1) is 12.1 Å². The van der Waals surface area contributed by atoms with Crippen molar-refractivity contribution in [3.8, 4) is 0 Å². The zero-order valence-corrected chi connectivity index (χ0v) is 15.8. The van der Waals surface area contributed by atoms with Crippen LogP contribution in [0.5, 0.6) is 0 Å². The van der Waals surface area contributed by atoms with Gasteiger partial charge in [0.25, 0.3) is 0 Å². The van der Waals surface area contributed by atoms with E-state index in [0.717, 1.165) is 16.5 Å². The minimum absolute atomic E-state index is 0.0307. The molecule has 0 atom stereocenters. The minimum atomic E-state index is -0.199. The first-order chi connectivity index (χ1) is 12.7. The Hall–Kier alpha value is -2.18. The average molecular weight is 387 g/mol. The van der Waals surface area contributed by atoms with Crippen LogP contribution >= 0.6 is 23.1 Å². The molecule has 0 aliphatic heterocycles. The normalized spacial score (nSPS) is 10.7. The second-order valence-corrected chi connectivity index (χ2v) is 7.83. The molecule has 1 amide bonds. The van der Waals surface area contributed by atoms with E-state index < -0.39 is 0 Å². The van der Waals surface area contributed by atoms with Crippen molar-refractivity contribution >= 4 is 29.0 Å². The molecule has 0 saturated carbocycles. The SMILES string of the molecule is O=C(Cc1csc(SCc2ccccc2F)n1)NCCc1ccccc1. The predicted octanol–water partition coefficient (Wildman–Crippen LogP) is 4.48. The molecule has 0 saturated heterocycles. The summed E-state index contributed by atoms with van der Waals surface area (Å²) in [5.74, 6) is 0.301. The number of hydrogen-bond donors (Lipinski definition) is 1. The van der Waals surface area contributed by atoms with Gasteiger partial charge >= 0.3 is 0 Å². The standard InChI is InChI=1S/C20H19FN2OS2/c21-18-9-5-4-8-16(18)13-25-20-23-17(14-26-20)12-19(24)22-11-10-15-6-2-1-3-7-15/h1-9,14H,10-13H2,(H,22,24). The quantitative estimate of drug-likeness (QED) is 0.581. The van der Waals surface area contributed by atoms with Crippen molar-refractivity contribution in [2.24, 2.45) is 0 Å². The van der Waals surface area contributed by atoms with Gasteiger partial charge in [-0.3, -0.25) is 4.79 Å². The Morgan fingerprint density at radius 2 is 1.88 bits per heavy atom. The molecule has 0 radical (unpaired) electrons. The number of nitrogens with zero attached hydrogens (tertiary/aromatic N) is 1. The van der Waals surface area contributed by atoms with Crippen molar-refractivity contribution in [1.29, 1.82) is 0 Å². The molecule has 3 aromatic rings. The first kappa shape index (κ1) is 18.6. The Kier molecular flexibility index (Phi) is 6.80. The van der Waals surface area contributed by atoms with Gasteiger partial charge in [0.15, 0.2) is 0 Å². The molecule has 134 valence electrons. The monoisotopic (exact) mass is 386 g/mol. The molecule has 6 heteroatoms. The maximum Gasteiger partial charge on any atom is 0.226 e. The molecule has 0 spiro atoms. The Morgan fingerprint density at radius 3 is 2.69 bits per heavy atom. The van der Waals surface area contributed by atoms with Crippen molar-refractivity contribution < 1.29 is 9.18 Å². The van der Waals surface area contributed by atoms with E-state index in [1.165, 1.54) is 34.7 Å². The van der Waals surface area contributed by atoms with E-state index in [4.69, 9.17) is 0 Å². The maximum atomic E-state index is 13.6. The smallest absolute Gasteiger partial charge is 0.226 e. The first-order valence-corrected chi connectivity index (χ1v) is 10.2. The summed E-state index contributed by atoms with van der Waals surface area (Å²) in [4.78, 5) is 16.5. The number of nitrogens with one attached hydrogen (secondary N) is 1. The predicted molar refractivity (Wildman–Crippen MR) is 105 cm³/mol. The number of amides is 1. The summed E-state index contributed by atoms with van der Waals surface area (Å²) in [6.07, 6.45) is 1.08. The lowest BCUT2D eigenvalue weighted by Crippen LogP contribution is -2.27. The molecule has 0 aliphatic rings. The molecule has 0 fully saturated rings.